The highest BCUT2D eigenvalue weighted by Crippen LogP contribution is 2.58. The van der Waals surface area contributed by atoms with Gasteiger partial charge in [-0.2, -0.15) is 0 Å². The van der Waals surface area contributed by atoms with Crippen LogP contribution in [0, 0.1) is 0 Å². The minimum absolute atomic E-state index is 0.0588. The molecule has 1 aromatic carbocycles. The summed E-state index contributed by atoms with van der Waals surface area (Å²) in [6.45, 7) is -9.77. The first-order valence-corrected chi connectivity index (χ1v) is 19.5. The number of hydrogen-bond donors (Lipinski definition) is 4. The van der Waals surface area contributed by atoms with E-state index in [1.807, 2.05) is 0 Å². The van der Waals surface area contributed by atoms with Crippen LogP contribution in [0.15, 0.2) is 24.8 Å². The van der Waals surface area contributed by atoms with Crippen LogP contribution in [0.4, 0.5) is 10.2 Å². The zero-order chi connectivity index (χ0) is 32.7. The summed E-state index contributed by atoms with van der Waals surface area (Å²) in [7, 11) is 0. The Hall–Kier alpha value is -1.25. The van der Waals surface area contributed by atoms with Gasteiger partial charge >= 0.3 is 13.5 Å². The van der Waals surface area contributed by atoms with Crippen LogP contribution in [0.2, 0.25) is 15.3 Å². The molecule has 46 heavy (non-hydrogen) atoms. The van der Waals surface area contributed by atoms with Crippen molar-refractivity contribution in [2.45, 2.75) is 49.1 Å². The number of anilines is 1. The molecule has 16 nitrogen and oxygen atoms in total. The van der Waals surface area contributed by atoms with Crippen molar-refractivity contribution in [3.8, 4) is 0 Å². The maximum Gasteiger partial charge on any atom is 0.386 e. The largest absolute Gasteiger partial charge is 0.386 e. The van der Waals surface area contributed by atoms with Gasteiger partial charge in [-0.15, -0.1) is 0 Å². The summed E-state index contributed by atoms with van der Waals surface area (Å²) in [6.07, 6.45) is -9.49. The SMILES string of the molecule is Nc1ncnc2c1ncn2[C@@H]1O[C@@H]2COP(O)(=S)OC3C(O)[C@H](n4c(Cl)nc5cc(Cl)c(Cl)cc54)O[C@@H]3COP(=O)(S)OC2C1F. The van der Waals surface area contributed by atoms with E-state index in [-0.39, 0.29) is 32.3 Å². The molecule has 3 saturated heterocycles. The highest BCUT2D eigenvalue weighted by molar-refractivity contribution is 8.44. The molecule has 0 saturated carbocycles. The van der Waals surface area contributed by atoms with Gasteiger partial charge in [-0.25, -0.2) is 28.9 Å². The van der Waals surface area contributed by atoms with Crippen molar-refractivity contribution in [2.24, 2.45) is 0 Å². The number of rotatable bonds is 2. The van der Waals surface area contributed by atoms with E-state index in [9.17, 15) is 14.6 Å². The van der Waals surface area contributed by atoms with E-state index in [4.69, 9.17) is 79.9 Å². The van der Waals surface area contributed by atoms with Crippen molar-refractivity contribution in [3.05, 3.63) is 40.1 Å². The molecule has 3 fully saturated rings. The monoisotopic (exact) mass is 777 g/mol. The summed E-state index contributed by atoms with van der Waals surface area (Å²) in [5, 5.41) is 11.7. The molecular weight excluding hydrogens is 758 g/mol. The molecule has 0 radical (unpaired) electrons. The van der Waals surface area contributed by atoms with E-state index in [0.717, 1.165) is 0 Å². The number of thiol groups is 1. The number of aromatic nitrogens is 6. The molecule has 4 aromatic rings. The van der Waals surface area contributed by atoms with Crippen LogP contribution in [0.25, 0.3) is 22.2 Å². The highest BCUT2D eigenvalue weighted by atomic mass is 35.5. The third-order valence-corrected chi connectivity index (χ3v) is 11.7. The first-order valence-electron chi connectivity index (χ1n) is 13.1. The zero-order valence-electron chi connectivity index (χ0n) is 22.6. The van der Waals surface area contributed by atoms with E-state index < -0.39 is 75.9 Å². The number of alkyl halides is 1. The number of benzene rings is 1. The van der Waals surface area contributed by atoms with Gasteiger partial charge in [0.2, 0.25) is 5.28 Å². The van der Waals surface area contributed by atoms with Crippen LogP contribution in [0.1, 0.15) is 12.5 Å². The average Bonchev–Trinajstić information content (AvgIpc) is 3.71. The molecule has 0 amide bonds. The first kappa shape index (κ1) is 33.3. The molecule has 10 atom stereocenters. The third kappa shape index (κ3) is 5.97. The molecular formula is C22H21Cl3FN7O9P2S2. The van der Waals surface area contributed by atoms with Gasteiger partial charge in [-0.1, -0.05) is 35.5 Å². The Balaban J connectivity index is 1.18. The van der Waals surface area contributed by atoms with E-state index in [1.165, 1.54) is 33.9 Å². The van der Waals surface area contributed by atoms with E-state index in [1.54, 1.807) is 0 Å². The summed E-state index contributed by atoms with van der Waals surface area (Å²) in [5.74, 6) is 0.0588. The number of imidazole rings is 2. The number of aliphatic hydroxyl groups excluding tert-OH is 1. The molecule has 0 bridgehead atoms. The molecule has 248 valence electrons. The van der Waals surface area contributed by atoms with Crippen molar-refractivity contribution in [3.63, 3.8) is 0 Å². The van der Waals surface area contributed by atoms with Gasteiger partial charge in [0, 0.05) is 0 Å². The van der Waals surface area contributed by atoms with Crippen molar-refractivity contribution in [1.82, 2.24) is 29.1 Å². The molecule has 6 unspecified atom stereocenters. The Morgan fingerprint density at radius 2 is 1.74 bits per heavy atom. The molecule has 0 spiro atoms. The van der Waals surface area contributed by atoms with E-state index in [2.05, 4.69) is 32.2 Å². The molecule has 3 aliphatic rings. The number of nitrogens with two attached hydrogens (primary N) is 1. The lowest BCUT2D eigenvalue weighted by Gasteiger charge is -2.29. The summed E-state index contributed by atoms with van der Waals surface area (Å²) < 4.78 is 66.2. The Labute approximate surface area is 283 Å². The molecule has 6 heterocycles. The van der Waals surface area contributed by atoms with Crippen LogP contribution in [0.5, 0.6) is 0 Å². The highest BCUT2D eigenvalue weighted by Gasteiger charge is 2.53. The smallest absolute Gasteiger partial charge is 0.386 e. The lowest BCUT2D eigenvalue weighted by Crippen LogP contribution is -2.38. The van der Waals surface area contributed by atoms with Gasteiger partial charge in [-0.3, -0.25) is 22.7 Å². The fourth-order valence-corrected chi connectivity index (χ4v) is 8.96. The number of hydrogen-bond acceptors (Lipinski definition) is 14. The lowest BCUT2D eigenvalue weighted by atomic mass is 10.1. The number of aliphatic hydroxyl groups is 1. The number of nitrogens with zero attached hydrogens (tertiary/aromatic N) is 6. The van der Waals surface area contributed by atoms with Crippen LogP contribution < -0.4 is 5.73 Å². The summed E-state index contributed by atoms with van der Waals surface area (Å²) in [6, 6.07) is 2.95. The maximum absolute atomic E-state index is 16.0. The molecule has 4 N–H and O–H groups in total. The van der Waals surface area contributed by atoms with Crippen molar-refractivity contribution < 1.29 is 46.5 Å². The normalized spacial score (nSPS) is 37.2. The van der Waals surface area contributed by atoms with Crippen LogP contribution >= 0.6 is 60.6 Å². The Bertz CT molecular complexity index is 1950. The summed E-state index contributed by atoms with van der Waals surface area (Å²) in [5.41, 5.74) is 6.89. The zero-order valence-corrected chi connectivity index (χ0v) is 28.4. The van der Waals surface area contributed by atoms with Gasteiger partial charge in [0.25, 0.3) is 0 Å². The first-order chi connectivity index (χ1) is 21.7. The van der Waals surface area contributed by atoms with Crippen LogP contribution in [-0.4, -0.2) is 89.0 Å². The third-order valence-electron chi connectivity index (χ3n) is 7.49. The topological polar surface area (TPSA) is 200 Å². The van der Waals surface area contributed by atoms with Crippen LogP contribution in [0.3, 0.4) is 0 Å². The molecule has 3 aromatic heterocycles. The molecule has 24 heteroatoms. The van der Waals surface area contributed by atoms with Crippen LogP contribution in [-0.2, 0) is 43.9 Å². The quantitative estimate of drug-likeness (QED) is 0.168. The molecule has 0 aliphatic carbocycles. The van der Waals surface area contributed by atoms with E-state index >= 15 is 4.39 Å². The van der Waals surface area contributed by atoms with Gasteiger partial charge in [-0.05, 0) is 35.5 Å². The fraction of sp³-hybridized carbons (Fsp3) is 0.455. The number of fused-ring (bicyclic) bond motifs is 4. The predicted molar refractivity (Wildman–Crippen MR) is 168 cm³/mol. The maximum atomic E-state index is 16.0. The Kier molecular flexibility index (Phi) is 8.87. The van der Waals surface area contributed by atoms with Crippen molar-refractivity contribution in [1.29, 1.82) is 0 Å². The van der Waals surface area contributed by atoms with E-state index in [0.29, 0.717) is 11.0 Å². The van der Waals surface area contributed by atoms with Gasteiger partial charge in [0.15, 0.2) is 30.1 Å². The fourth-order valence-electron chi connectivity index (χ4n) is 5.44. The number of halogens is 4. The predicted octanol–water partition coefficient (Wildman–Crippen LogP) is 3.98. The lowest BCUT2D eigenvalue weighted by molar-refractivity contribution is -0.0568. The molecule has 7 rings (SSSR count). The second-order valence-corrected chi connectivity index (χ2v) is 17.1. The average molecular weight is 779 g/mol. The number of ether oxygens (including phenoxy) is 2. The van der Waals surface area contributed by atoms with Gasteiger partial charge in [0.05, 0.1) is 40.6 Å². The molecule has 3 aliphatic heterocycles. The second-order valence-electron chi connectivity index (χ2n) is 10.3. The van der Waals surface area contributed by atoms with Gasteiger partial charge < -0.3 is 29.7 Å². The summed E-state index contributed by atoms with van der Waals surface area (Å²) >= 11 is 28.0. The van der Waals surface area contributed by atoms with Crippen molar-refractivity contribution in [2.75, 3.05) is 18.9 Å². The Morgan fingerprint density at radius 1 is 1.04 bits per heavy atom. The minimum atomic E-state index is -4.37. The Morgan fingerprint density at radius 3 is 2.52 bits per heavy atom. The minimum Gasteiger partial charge on any atom is -0.386 e. The van der Waals surface area contributed by atoms with Gasteiger partial charge in [0.1, 0.15) is 42.4 Å². The number of nitrogen functional groups attached to an aromatic ring is 1. The summed E-state index contributed by atoms with van der Waals surface area (Å²) in [4.78, 5) is 27.3. The second kappa shape index (κ2) is 12.3. The van der Waals surface area contributed by atoms with Crippen molar-refractivity contribution >= 4 is 100 Å². The standard InChI is InChI=1S/C22H21Cl3FN7O9P2S2/c23-7-1-9-10(2-8(7)24)33(22(25)31-9)21-15(34)17-12(40-21)4-38-43(35,45)41-16-11(3-37-44(36,46)42-17)39-20(13(16)26)32-6-30-14-18(27)28-5-29-19(14)32/h1-2,5-6,11-13,15-17,20-21,34H,3-4H2,(H,35,45)(H,36,46)(H2,27,28,29)/t11-,12-,13?,15?,16?,17?,20-,21-,43?,44?/m1/s1.